The van der Waals surface area contributed by atoms with Crippen molar-refractivity contribution in [3.8, 4) is 0 Å². The van der Waals surface area contributed by atoms with Crippen molar-refractivity contribution in [2.45, 2.75) is 53.0 Å². The van der Waals surface area contributed by atoms with E-state index in [-0.39, 0.29) is 0 Å². The van der Waals surface area contributed by atoms with Crippen LogP contribution in [0, 0.1) is 22.7 Å². The average Bonchev–Trinajstić information content (AvgIpc) is 2.65. The zero-order chi connectivity index (χ0) is 13.0. The van der Waals surface area contributed by atoms with Gasteiger partial charge in [-0.05, 0) is 48.5 Å². The summed E-state index contributed by atoms with van der Waals surface area (Å²) in [6.07, 6.45) is 4.41. The Morgan fingerprint density at radius 3 is 2.67 bits per heavy atom. The van der Waals surface area contributed by atoms with E-state index in [4.69, 9.17) is 0 Å². The van der Waals surface area contributed by atoms with Gasteiger partial charge in [-0.25, -0.2) is 0 Å². The van der Waals surface area contributed by atoms with E-state index in [9.17, 15) is 0 Å². The highest BCUT2D eigenvalue weighted by Gasteiger charge is 2.60. The minimum absolute atomic E-state index is 0.525. The number of hydrogen-bond donors (Lipinski definition) is 1. The molecule has 2 nitrogen and oxygen atoms in total. The molecule has 0 aromatic heterocycles. The molecule has 3 aliphatic rings. The van der Waals surface area contributed by atoms with Crippen molar-refractivity contribution < 1.29 is 0 Å². The fourth-order valence-electron chi connectivity index (χ4n) is 5.55. The van der Waals surface area contributed by atoms with E-state index >= 15 is 0 Å². The molecule has 104 valence electrons. The van der Waals surface area contributed by atoms with Crippen molar-refractivity contribution in [1.82, 2.24) is 10.2 Å². The highest BCUT2D eigenvalue weighted by Crippen LogP contribution is 2.64. The molecular formula is C16H30N2. The summed E-state index contributed by atoms with van der Waals surface area (Å²) < 4.78 is 0. The van der Waals surface area contributed by atoms with Crippen LogP contribution in [0.2, 0.25) is 0 Å². The molecule has 1 aliphatic heterocycles. The van der Waals surface area contributed by atoms with E-state index in [1.54, 1.807) is 0 Å². The standard InChI is InChI=1S/C16H30N2/c1-12-10-17-7-8-18(11-12)14-15(2,3)13-5-6-16(14,4)9-13/h12-14,17H,5-11H2,1-4H3. The van der Waals surface area contributed by atoms with Crippen LogP contribution < -0.4 is 5.32 Å². The Bertz CT molecular complexity index is 320. The lowest BCUT2D eigenvalue weighted by Gasteiger charge is -2.49. The number of nitrogens with zero attached hydrogens (tertiary/aromatic N) is 1. The predicted molar refractivity (Wildman–Crippen MR) is 76.6 cm³/mol. The Hall–Kier alpha value is -0.0800. The normalized spacial score (nSPS) is 48.3. The van der Waals surface area contributed by atoms with E-state index in [1.165, 1.54) is 45.4 Å². The van der Waals surface area contributed by atoms with Crippen LogP contribution in [0.4, 0.5) is 0 Å². The fourth-order valence-corrected chi connectivity index (χ4v) is 5.55. The van der Waals surface area contributed by atoms with Crippen LogP contribution in [-0.4, -0.2) is 37.1 Å². The molecule has 3 fully saturated rings. The maximum absolute atomic E-state index is 3.59. The summed E-state index contributed by atoms with van der Waals surface area (Å²) in [6.45, 7) is 15.0. The van der Waals surface area contributed by atoms with Crippen LogP contribution >= 0.6 is 0 Å². The van der Waals surface area contributed by atoms with Crippen LogP contribution in [0.5, 0.6) is 0 Å². The summed E-state index contributed by atoms with van der Waals surface area (Å²) in [5.74, 6) is 1.77. The topological polar surface area (TPSA) is 15.3 Å². The molecule has 2 saturated carbocycles. The molecule has 1 N–H and O–H groups in total. The van der Waals surface area contributed by atoms with Gasteiger partial charge in [-0.1, -0.05) is 27.7 Å². The molecule has 4 unspecified atom stereocenters. The van der Waals surface area contributed by atoms with Crippen molar-refractivity contribution in [1.29, 1.82) is 0 Å². The third-order valence-corrected chi connectivity index (χ3v) is 6.17. The van der Waals surface area contributed by atoms with Crippen LogP contribution in [0.25, 0.3) is 0 Å². The van der Waals surface area contributed by atoms with Crippen LogP contribution in [0.3, 0.4) is 0 Å². The maximum Gasteiger partial charge on any atom is 0.0204 e. The Kier molecular flexibility index (Phi) is 3.02. The molecule has 0 amide bonds. The van der Waals surface area contributed by atoms with Gasteiger partial charge in [-0.15, -0.1) is 0 Å². The second-order valence-corrected chi connectivity index (χ2v) is 8.12. The monoisotopic (exact) mass is 250 g/mol. The molecular weight excluding hydrogens is 220 g/mol. The molecule has 3 rings (SSSR count). The van der Waals surface area contributed by atoms with Crippen LogP contribution in [-0.2, 0) is 0 Å². The summed E-state index contributed by atoms with van der Waals surface area (Å²) in [5.41, 5.74) is 1.12. The minimum Gasteiger partial charge on any atom is -0.315 e. The lowest BCUT2D eigenvalue weighted by Crippen LogP contribution is -2.54. The molecule has 4 atom stereocenters. The average molecular weight is 250 g/mol. The molecule has 0 aromatic carbocycles. The van der Waals surface area contributed by atoms with Gasteiger partial charge < -0.3 is 5.32 Å². The molecule has 2 bridgehead atoms. The number of fused-ring (bicyclic) bond motifs is 2. The van der Waals surface area contributed by atoms with Crippen LogP contribution in [0.1, 0.15) is 47.0 Å². The zero-order valence-electron chi connectivity index (χ0n) is 12.6. The van der Waals surface area contributed by atoms with Gasteiger partial charge in [0.1, 0.15) is 0 Å². The van der Waals surface area contributed by atoms with Gasteiger partial charge in [-0.2, -0.15) is 0 Å². The lowest BCUT2D eigenvalue weighted by atomic mass is 9.67. The minimum atomic E-state index is 0.525. The largest absolute Gasteiger partial charge is 0.315 e. The van der Waals surface area contributed by atoms with Gasteiger partial charge in [0, 0.05) is 25.7 Å². The molecule has 1 saturated heterocycles. The first-order valence-corrected chi connectivity index (χ1v) is 7.88. The second-order valence-electron chi connectivity index (χ2n) is 8.12. The van der Waals surface area contributed by atoms with E-state index in [1.807, 2.05) is 0 Å². The molecule has 0 spiro atoms. The quantitative estimate of drug-likeness (QED) is 0.770. The molecule has 1 heterocycles. The number of hydrogen-bond acceptors (Lipinski definition) is 2. The Morgan fingerprint density at radius 2 is 2.00 bits per heavy atom. The van der Waals surface area contributed by atoms with Gasteiger partial charge in [0.25, 0.3) is 0 Å². The highest BCUT2D eigenvalue weighted by atomic mass is 15.2. The van der Waals surface area contributed by atoms with Crippen molar-refractivity contribution in [3.05, 3.63) is 0 Å². The van der Waals surface area contributed by atoms with Gasteiger partial charge in [0.15, 0.2) is 0 Å². The van der Waals surface area contributed by atoms with Gasteiger partial charge >= 0.3 is 0 Å². The summed E-state index contributed by atoms with van der Waals surface area (Å²) in [5, 5.41) is 3.59. The fraction of sp³-hybridized carbons (Fsp3) is 1.00. The third kappa shape index (κ3) is 1.84. The first kappa shape index (κ1) is 12.9. The van der Waals surface area contributed by atoms with Crippen molar-refractivity contribution in [3.63, 3.8) is 0 Å². The second kappa shape index (κ2) is 4.21. The first-order chi connectivity index (χ1) is 8.43. The Balaban J connectivity index is 1.85. The van der Waals surface area contributed by atoms with Crippen molar-refractivity contribution in [2.75, 3.05) is 26.2 Å². The Labute approximate surface area is 113 Å². The summed E-state index contributed by atoms with van der Waals surface area (Å²) in [7, 11) is 0. The summed E-state index contributed by atoms with van der Waals surface area (Å²) >= 11 is 0. The molecule has 0 radical (unpaired) electrons. The summed E-state index contributed by atoms with van der Waals surface area (Å²) in [4.78, 5) is 2.84. The smallest absolute Gasteiger partial charge is 0.0204 e. The van der Waals surface area contributed by atoms with Gasteiger partial charge in [0.05, 0.1) is 0 Å². The van der Waals surface area contributed by atoms with E-state index in [0.29, 0.717) is 10.8 Å². The predicted octanol–water partition coefficient (Wildman–Crippen LogP) is 2.74. The molecule has 0 aromatic rings. The van der Waals surface area contributed by atoms with Crippen molar-refractivity contribution in [2.24, 2.45) is 22.7 Å². The number of nitrogens with one attached hydrogen (secondary N) is 1. The molecule has 2 heteroatoms. The van der Waals surface area contributed by atoms with E-state index in [0.717, 1.165) is 17.9 Å². The maximum atomic E-state index is 3.59. The molecule has 2 aliphatic carbocycles. The summed E-state index contributed by atoms with van der Waals surface area (Å²) in [6, 6.07) is 0.811. The zero-order valence-corrected chi connectivity index (χ0v) is 12.6. The third-order valence-electron chi connectivity index (χ3n) is 6.17. The van der Waals surface area contributed by atoms with Crippen LogP contribution in [0.15, 0.2) is 0 Å². The number of rotatable bonds is 1. The van der Waals surface area contributed by atoms with E-state index in [2.05, 4.69) is 37.9 Å². The van der Waals surface area contributed by atoms with E-state index < -0.39 is 0 Å². The first-order valence-electron chi connectivity index (χ1n) is 7.88. The van der Waals surface area contributed by atoms with Gasteiger partial charge in [0.2, 0.25) is 0 Å². The lowest BCUT2D eigenvalue weighted by molar-refractivity contribution is 0.00216. The highest BCUT2D eigenvalue weighted by molar-refractivity contribution is 5.13. The molecule has 18 heavy (non-hydrogen) atoms. The van der Waals surface area contributed by atoms with Gasteiger partial charge in [-0.3, -0.25) is 4.90 Å². The Morgan fingerprint density at radius 1 is 1.22 bits per heavy atom. The van der Waals surface area contributed by atoms with Crippen molar-refractivity contribution >= 4 is 0 Å². The SMILES string of the molecule is CC1CNCCN(C2C3(C)CCC(C3)C2(C)C)C1.